The van der Waals surface area contributed by atoms with Crippen LogP contribution < -0.4 is 10.6 Å². The molecule has 0 radical (unpaired) electrons. The lowest BCUT2D eigenvalue weighted by molar-refractivity contribution is 0.394. The van der Waals surface area contributed by atoms with Crippen LogP contribution in [0.5, 0.6) is 0 Å². The molecule has 0 bridgehead atoms. The van der Waals surface area contributed by atoms with E-state index >= 15 is 0 Å². The van der Waals surface area contributed by atoms with Gasteiger partial charge in [0.1, 0.15) is 0 Å². The lowest BCUT2D eigenvalue weighted by Gasteiger charge is -2.15. The maximum absolute atomic E-state index is 3.34. The second-order valence-corrected chi connectivity index (χ2v) is 6.00. The van der Waals surface area contributed by atoms with E-state index in [-0.39, 0.29) is 0 Å². The Morgan fingerprint density at radius 3 is 1.71 bits per heavy atom. The maximum Gasteiger partial charge on any atom is 0.0561 e. The van der Waals surface area contributed by atoms with Gasteiger partial charge < -0.3 is 10.6 Å². The Morgan fingerprint density at radius 1 is 0.857 bits per heavy atom. The highest BCUT2D eigenvalue weighted by Crippen LogP contribution is 2.23. The van der Waals surface area contributed by atoms with Crippen molar-refractivity contribution in [2.24, 2.45) is 0 Å². The summed E-state index contributed by atoms with van der Waals surface area (Å²) in [6.45, 7) is 6.86. The lowest BCUT2D eigenvalue weighted by atomic mass is 10.7. The number of hydrogen-bond donors (Lipinski definition) is 2. The van der Waals surface area contributed by atoms with E-state index in [2.05, 4.69) is 20.4 Å². The van der Waals surface area contributed by atoms with Crippen LogP contribution in [0.3, 0.4) is 0 Å². The monoisotopic (exact) mass is 234 g/mol. The van der Waals surface area contributed by atoms with E-state index in [1.54, 1.807) is 0 Å². The zero-order valence-electron chi connectivity index (χ0n) is 8.37. The Hall–Kier alpha value is 0.540. The topological polar surface area (TPSA) is 30.5 Å². The highest BCUT2D eigenvalue weighted by atomic mass is 33.1. The molecule has 2 N–H and O–H groups in total. The van der Waals surface area contributed by atoms with Crippen LogP contribution in [-0.2, 0) is 0 Å². The third kappa shape index (κ3) is 3.60. The normalized spacial score (nSPS) is 24.9. The van der Waals surface area contributed by atoms with Crippen molar-refractivity contribution in [3.8, 4) is 0 Å². The van der Waals surface area contributed by atoms with E-state index in [4.69, 9.17) is 0 Å². The Balaban J connectivity index is 1.46. The summed E-state index contributed by atoms with van der Waals surface area (Å²) in [6, 6.07) is 0. The van der Waals surface area contributed by atoms with E-state index in [9.17, 15) is 0 Å². The summed E-state index contributed by atoms with van der Waals surface area (Å²) in [5.41, 5.74) is 0. The number of nitrogens with zero attached hydrogens (tertiary/aromatic N) is 2. The second-order valence-electron chi connectivity index (χ2n) is 3.60. The van der Waals surface area contributed by atoms with Gasteiger partial charge in [-0.05, 0) is 0 Å². The molecule has 2 rings (SSSR count). The molecule has 0 spiro atoms. The van der Waals surface area contributed by atoms with E-state index in [0.717, 1.165) is 38.2 Å². The maximum atomic E-state index is 3.34. The molecule has 2 fully saturated rings. The molecule has 2 heterocycles. The van der Waals surface area contributed by atoms with Gasteiger partial charge in [0.05, 0.1) is 11.8 Å². The molecule has 0 amide bonds. The molecule has 0 aromatic rings. The van der Waals surface area contributed by atoms with Gasteiger partial charge in [-0.15, -0.1) is 0 Å². The molecule has 0 saturated carbocycles. The molecule has 4 nitrogen and oxygen atoms in total. The van der Waals surface area contributed by atoms with Crippen molar-refractivity contribution < 1.29 is 0 Å². The first-order valence-electron chi connectivity index (χ1n) is 5.06. The van der Waals surface area contributed by atoms with Gasteiger partial charge in [0.2, 0.25) is 0 Å². The molecular weight excluding hydrogens is 216 g/mol. The van der Waals surface area contributed by atoms with E-state index in [0.29, 0.717) is 0 Å². The standard InChI is InChI=1S/C8H18N4S2/c1-3-11(5-9-1)7-13-14-8-12-4-2-10-6-12/h9-10H,1-8H2. The summed E-state index contributed by atoms with van der Waals surface area (Å²) in [5, 5.41) is 6.67. The highest BCUT2D eigenvalue weighted by Gasteiger charge is 2.12. The third-order valence-electron chi connectivity index (χ3n) is 2.43. The highest BCUT2D eigenvalue weighted by molar-refractivity contribution is 8.76. The summed E-state index contributed by atoms with van der Waals surface area (Å²) < 4.78 is 0. The molecule has 0 aromatic carbocycles. The predicted molar refractivity (Wildman–Crippen MR) is 64.1 cm³/mol. The number of rotatable bonds is 5. The van der Waals surface area contributed by atoms with Gasteiger partial charge in [0.15, 0.2) is 0 Å². The third-order valence-corrected chi connectivity index (χ3v) is 4.67. The van der Waals surface area contributed by atoms with E-state index < -0.39 is 0 Å². The van der Waals surface area contributed by atoms with Crippen molar-refractivity contribution in [1.82, 2.24) is 20.4 Å². The fourth-order valence-corrected chi connectivity index (χ4v) is 3.78. The molecule has 2 saturated heterocycles. The molecular formula is C8H18N4S2. The fraction of sp³-hybridized carbons (Fsp3) is 1.00. The Bertz CT molecular complexity index is 139. The van der Waals surface area contributed by atoms with Gasteiger partial charge in [-0.2, -0.15) is 0 Å². The van der Waals surface area contributed by atoms with Crippen LogP contribution in [0.4, 0.5) is 0 Å². The second kappa shape index (κ2) is 6.19. The van der Waals surface area contributed by atoms with Crippen molar-refractivity contribution in [2.45, 2.75) is 0 Å². The van der Waals surface area contributed by atoms with Crippen molar-refractivity contribution >= 4 is 21.6 Å². The molecule has 0 unspecified atom stereocenters. The lowest BCUT2D eigenvalue weighted by Crippen LogP contribution is -2.22. The summed E-state index contributed by atoms with van der Waals surface area (Å²) >= 11 is 0. The Morgan fingerprint density at radius 2 is 1.36 bits per heavy atom. The van der Waals surface area contributed by atoms with Gasteiger partial charge >= 0.3 is 0 Å². The average Bonchev–Trinajstić information content (AvgIpc) is 2.86. The van der Waals surface area contributed by atoms with Crippen molar-refractivity contribution in [2.75, 3.05) is 51.3 Å². The summed E-state index contributed by atoms with van der Waals surface area (Å²) in [5.74, 6) is 2.30. The van der Waals surface area contributed by atoms with Gasteiger partial charge in [-0.25, -0.2) is 0 Å². The largest absolute Gasteiger partial charge is 0.303 e. The zero-order valence-corrected chi connectivity index (χ0v) is 10.0. The van der Waals surface area contributed by atoms with E-state index in [1.165, 1.54) is 13.1 Å². The van der Waals surface area contributed by atoms with Gasteiger partial charge in [-0.1, -0.05) is 21.6 Å². The number of hydrogen-bond acceptors (Lipinski definition) is 6. The molecule has 6 heteroatoms. The minimum atomic E-state index is 1.07. The van der Waals surface area contributed by atoms with Gasteiger partial charge in [-0.3, -0.25) is 9.80 Å². The van der Waals surface area contributed by atoms with Crippen LogP contribution in [-0.4, -0.2) is 61.1 Å². The van der Waals surface area contributed by atoms with Crippen LogP contribution in [0.2, 0.25) is 0 Å². The van der Waals surface area contributed by atoms with Gasteiger partial charge in [0.25, 0.3) is 0 Å². The van der Waals surface area contributed by atoms with E-state index in [1.807, 2.05) is 21.6 Å². The first-order chi connectivity index (χ1) is 6.95. The first-order valence-corrected chi connectivity index (χ1v) is 7.54. The van der Waals surface area contributed by atoms with Crippen LogP contribution in [0.15, 0.2) is 0 Å². The van der Waals surface area contributed by atoms with Crippen LogP contribution in [0.1, 0.15) is 0 Å². The Kier molecular flexibility index (Phi) is 4.88. The SMILES string of the molecule is C1CN(CSSCN2CCNC2)CN1. The Labute approximate surface area is 93.5 Å². The number of nitrogens with one attached hydrogen (secondary N) is 2. The minimum Gasteiger partial charge on any atom is -0.303 e. The average molecular weight is 234 g/mol. The zero-order chi connectivity index (χ0) is 9.64. The van der Waals surface area contributed by atoms with Crippen molar-refractivity contribution in [3.63, 3.8) is 0 Å². The minimum absolute atomic E-state index is 1.07. The van der Waals surface area contributed by atoms with Crippen LogP contribution in [0.25, 0.3) is 0 Å². The summed E-state index contributed by atoms with van der Waals surface area (Å²) in [7, 11) is 3.94. The van der Waals surface area contributed by atoms with Crippen LogP contribution >= 0.6 is 21.6 Å². The van der Waals surface area contributed by atoms with Crippen molar-refractivity contribution in [3.05, 3.63) is 0 Å². The summed E-state index contributed by atoms with van der Waals surface area (Å²) in [4.78, 5) is 4.89. The fourth-order valence-electron chi connectivity index (χ4n) is 1.55. The molecule has 82 valence electrons. The first kappa shape index (κ1) is 11.0. The summed E-state index contributed by atoms with van der Waals surface area (Å²) in [6.07, 6.45) is 0. The molecule has 14 heavy (non-hydrogen) atoms. The molecule has 2 aliphatic heterocycles. The van der Waals surface area contributed by atoms with Crippen molar-refractivity contribution in [1.29, 1.82) is 0 Å². The quantitative estimate of drug-likeness (QED) is 0.515. The molecule has 0 atom stereocenters. The van der Waals surface area contributed by atoms with Crippen LogP contribution in [0, 0.1) is 0 Å². The predicted octanol–water partition coefficient (Wildman–Crippen LogP) is 0.00820. The molecule has 0 aromatic heterocycles. The molecule has 0 aliphatic carbocycles. The van der Waals surface area contributed by atoms with Gasteiger partial charge in [0, 0.05) is 39.5 Å². The smallest absolute Gasteiger partial charge is 0.0561 e. The molecule has 2 aliphatic rings.